The van der Waals surface area contributed by atoms with Crippen LogP contribution in [0, 0.1) is 0 Å². The highest BCUT2D eigenvalue weighted by Crippen LogP contribution is 2.41. The smallest absolute Gasteiger partial charge is 0.384 e. The number of rotatable bonds is 7. The number of halogens is 3. The first-order chi connectivity index (χ1) is 18.0. The summed E-state index contributed by atoms with van der Waals surface area (Å²) in [6.45, 7) is 1.18. The standard InChI is InChI=1S/C25H27F3N6O3S/c26-25(27,28)14-1-2-18-17(7-14)19(8-20(33-18)23(29)36)31-10-22(35)32-15-11-34(12-15)16-3-5-24(37,6-4-16)21-9-30-13-38-21/h1-2,7-9,13,15-16,37H,3-6,10-12H2,(H2,29,36)(H,31,33)(H,32,35)/t16-,24+. The van der Waals surface area contributed by atoms with Crippen molar-refractivity contribution in [2.24, 2.45) is 5.73 Å². The van der Waals surface area contributed by atoms with Crippen molar-refractivity contribution in [3.8, 4) is 0 Å². The summed E-state index contributed by atoms with van der Waals surface area (Å²) in [6, 6.07) is 4.52. The van der Waals surface area contributed by atoms with Crippen LogP contribution in [0.25, 0.3) is 10.9 Å². The van der Waals surface area contributed by atoms with E-state index in [1.54, 1.807) is 11.7 Å². The van der Waals surface area contributed by atoms with Crippen LogP contribution < -0.4 is 16.4 Å². The summed E-state index contributed by atoms with van der Waals surface area (Å²) in [5.41, 5.74) is 5.57. The van der Waals surface area contributed by atoms with Crippen LogP contribution in [0.3, 0.4) is 0 Å². The van der Waals surface area contributed by atoms with Gasteiger partial charge in [0.15, 0.2) is 0 Å². The summed E-state index contributed by atoms with van der Waals surface area (Å²) >= 11 is 1.47. The molecule has 5 N–H and O–H groups in total. The van der Waals surface area contributed by atoms with Crippen LogP contribution in [0.5, 0.6) is 0 Å². The Balaban J connectivity index is 1.15. The fraction of sp³-hybridized carbons (Fsp3) is 0.440. The molecule has 2 fully saturated rings. The third kappa shape index (κ3) is 5.45. The van der Waals surface area contributed by atoms with E-state index in [2.05, 4.69) is 25.5 Å². The van der Waals surface area contributed by atoms with Crippen molar-refractivity contribution >= 4 is 39.7 Å². The van der Waals surface area contributed by atoms with Crippen molar-refractivity contribution in [3.63, 3.8) is 0 Å². The van der Waals surface area contributed by atoms with Gasteiger partial charge in [-0.15, -0.1) is 11.3 Å². The van der Waals surface area contributed by atoms with Crippen LogP contribution in [0.2, 0.25) is 0 Å². The number of aromatic nitrogens is 2. The number of hydrogen-bond donors (Lipinski definition) is 4. The minimum atomic E-state index is -4.56. The van der Waals surface area contributed by atoms with Crippen molar-refractivity contribution in [1.82, 2.24) is 20.2 Å². The van der Waals surface area contributed by atoms with E-state index in [0.29, 0.717) is 32.0 Å². The maximum atomic E-state index is 13.2. The van der Waals surface area contributed by atoms with E-state index in [4.69, 9.17) is 5.73 Å². The Morgan fingerprint density at radius 2 is 1.95 bits per heavy atom. The second kappa shape index (κ2) is 10.1. The Bertz CT molecular complexity index is 1340. The number of thiazole rings is 1. The number of hydrogen-bond acceptors (Lipinski definition) is 8. The van der Waals surface area contributed by atoms with Crippen LogP contribution in [0.1, 0.15) is 46.6 Å². The molecule has 0 unspecified atom stereocenters. The normalized spacial score (nSPS) is 22.7. The maximum Gasteiger partial charge on any atom is 0.416 e. The molecule has 0 spiro atoms. The summed E-state index contributed by atoms with van der Waals surface area (Å²) in [4.78, 5) is 35.5. The zero-order valence-electron chi connectivity index (χ0n) is 20.3. The van der Waals surface area contributed by atoms with Gasteiger partial charge >= 0.3 is 6.18 Å². The molecule has 1 aliphatic heterocycles. The number of likely N-dealkylation sites (tertiary alicyclic amines) is 1. The molecular formula is C25H27F3N6O3S. The van der Waals surface area contributed by atoms with Gasteiger partial charge in [0.1, 0.15) is 11.3 Å². The van der Waals surface area contributed by atoms with Crippen LogP contribution in [-0.4, -0.2) is 63.5 Å². The minimum Gasteiger partial charge on any atom is -0.384 e. The molecule has 13 heteroatoms. The molecule has 0 atom stereocenters. The number of nitrogens with zero attached hydrogens (tertiary/aromatic N) is 3. The number of amides is 2. The number of benzene rings is 1. The first kappa shape index (κ1) is 26.3. The van der Waals surface area contributed by atoms with Gasteiger partial charge in [0.2, 0.25) is 5.91 Å². The number of primary amides is 1. The number of pyridine rings is 1. The van der Waals surface area contributed by atoms with E-state index in [1.807, 2.05) is 0 Å². The fourth-order valence-corrected chi connectivity index (χ4v) is 5.95. The van der Waals surface area contributed by atoms with Crippen LogP contribution in [-0.2, 0) is 16.6 Å². The Morgan fingerprint density at radius 3 is 2.58 bits per heavy atom. The van der Waals surface area contributed by atoms with Crippen molar-refractivity contribution in [2.75, 3.05) is 25.0 Å². The molecule has 0 radical (unpaired) electrons. The number of carbonyl (C=O) groups excluding carboxylic acids is 2. The molecule has 1 saturated heterocycles. The van der Waals surface area contributed by atoms with E-state index >= 15 is 0 Å². The number of fused-ring (bicyclic) bond motifs is 1. The lowest BCUT2D eigenvalue weighted by atomic mass is 9.80. The van der Waals surface area contributed by atoms with Gasteiger partial charge in [0.25, 0.3) is 5.91 Å². The molecule has 0 bridgehead atoms. The van der Waals surface area contributed by atoms with E-state index in [9.17, 15) is 27.9 Å². The van der Waals surface area contributed by atoms with Gasteiger partial charge in [-0.25, -0.2) is 4.98 Å². The van der Waals surface area contributed by atoms with Crippen LogP contribution in [0.15, 0.2) is 36.0 Å². The lowest BCUT2D eigenvalue weighted by molar-refractivity contribution is -0.137. The number of anilines is 1. The highest BCUT2D eigenvalue weighted by Gasteiger charge is 2.41. The second-order valence-electron chi connectivity index (χ2n) is 9.85. The molecule has 38 heavy (non-hydrogen) atoms. The lowest BCUT2D eigenvalue weighted by Gasteiger charge is -2.48. The lowest BCUT2D eigenvalue weighted by Crippen LogP contribution is -2.63. The summed E-state index contributed by atoms with van der Waals surface area (Å²) in [5, 5.41) is 16.8. The Labute approximate surface area is 220 Å². The highest BCUT2D eigenvalue weighted by atomic mass is 32.1. The molecule has 1 saturated carbocycles. The molecule has 1 aliphatic carbocycles. The van der Waals surface area contributed by atoms with E-state index in [0.717, 1.165) is 29.9 Å². The van der Waals surface area contributed by atoms with Crippen LogP contribution >= 0.6 is 11.3 Å². The molecule has 5 rings (SSSR count). The molecule has 2 aliphatic rings. The van der Waals surface area contributed by atoms with Crippen molar-refractivity contribution in [2.45, 2.75) is 49.5 Å². The molecule has 1 aromatic carbocycles. The van der Waals surface area contributed by atoms with Gasteiger partial charge < -0.3 is 21.5 Å². The number of alkyl halides is 3. The van der Waals surface area contributed by atoms with E-state index in [-0.39, 0.29) is 40.8 Å². The van der Waals surface area contributed by atoms with Gasteiger partial charge in [-0.3, -0.25) is 19.5 Å². The number of nitrogens with one attached hydrogen (secondary N) is 2. The molecule has 2 aromatic heterocycles. The van der Waals surface area contributed by atoms with Crippen molar-refractivity contribution < 1.29 is 27.9 Å². The Morgan fingerprint density at radius 1 is 1.21 bits per heavy atom. The van der Waals surface area contributed by atoms with Gasteiger partial charge in [-0.05, 0) is 49.9 Å². The Hall–Kier alpha value is -3.29. The molecular weight excluding hydrogens is 521 g/mol. The first-order valence-corrected chi connectivity index (χ1v) is 13.1. The highest BCUT2D eigenvalue weighted by molar-refractivity contribution is 7.09. The largest absolute Gasteiger partial charge is 0.416 e. The number of nitrogens with two attached hydrogens (primary N) is 1. The van der Waals surface area contributed by atoms with Crippen molar-refractivity contribution in [3.05, 3.63) is 52.1 Å². The molecule has 2 amide bonds. The first-order valence-electron chi connectivity index (χ1n) is 12.2. The number of aliphatic hydroxyl groups is 1. The van der Waals surface area contributed by atoms with Gasteiger partial charge in [0.05, 0.1) is 34.1 Å². The maximum absolute atomic E-state index is 13.2. The van der Waals surface area contributed by atoms with Gasteiger partial charge in [-0.2, -0.15) is 13.2 Å². The summed E-state index contributed by atoms with van der Waals surface area (Å²) in [7, 11) is 0. The molecule has 9 nitrogen and oxygen atoms in total. The summed E-state index contributed by atoms with van der Waals surface area (Å²) in [5.74, 6) is -1.16. The number of carbonyl (C=O) groups is 2. The second-order valence-corrected chi connectivity index (χ2v) is 10.7. The average molecular weight is 549 g/mol. The molecule has 3 heterocycles. The zero-order valence-corrected chi connectivity index (χ0v) is 21.1. The molecule has 3 aromatic rings. The monoisotopic (exact) mass is 548 g/mol. The predicted octanol–water partition coefficient (Wildman–Crippen LogP) is 2.85. The van der Waals surface area contributed by atoms with Crippen molar-refractivity contribution in [1.29, 1.82) is 0 Å². The average Bonchev–Trinajstić information content (AvgIpc) is 3.40. The SMILES string of the molecule is NC(=O)c1cc(NCC(=O)NC2CN([C@H]3CC[C@](O)(c4cncs4)CC3)C2)c2cc(C(F)(F)F)ccc2n1. The quantitative estimate of drug-likeness (QED) is 0.357. The molecule has 202 valence electrons. The summed E-state index contributed by atoms with van der Waals surface area (Å²) < 4.78 is 39.7. The summed E-state index contributed by atoms with van der Waals surface area (Å²) in [6.07, 6.45) is 0.217. The van der Waals surface area contributed by atoms with Gasteiger partial charge in [-0.1, -0.05) is 0 Å². The third-order valence-electron chi connectivity index (χ3n) is 7.29. The predicted molar refractivity (Wildman–Crippen MR) is 136 cm³/mol. The minimum absolute atomic E-state index is 0.0428. The Kier molecular flexibility index (Phi) is 7.01. The van der Waals surface area contributed by atoms with E-state index < -0.39 is 23.2 Å². The van der Waals surface area contributed by atoms with E-state index in [1.165, 1.54) is 23.5 Å². The zero-order chi connectivity index (χ0) is 27.1. The third-order valence-corrected chi connectivity index (χ3v) is 8.26. The van der Waals surface area contributed by atoms with Crippen LogP contribution in [0.4, 0.5) is 18.9 Å². The fourth-order valence-electron chi connectivity index (χ4n) is 5.17. The topological polar surface area (TPSA) is 133 Å². The van der Waals surface area contributed by atoms with Gasteiger partial charge in [0, 0.05) is 36.4 Å².